The zero-order chi connectivity index (χ0) is 12.0. The number of hydrogen-bond acceptors (Lipinski definition) is 3. The van der Waals surface area contributed by atoms with Gasteiger partial charge in [-0.2, -0.15) is 0 Å². The number of esters is 1. The van der Waals surface area contributed by atoms with Gasteiger partial charge in [-0.05, 0) is 32.0 Å². The molecule has 0 aliphatic carbocycles. The van der Waals surface area contributed by atoms with E-state index in [0.29, 0.717) is 23.1 Å². The van der Waals surface area contributed by atoms with E-state index in [4.69, 9.17) is 21.1 Å². The summed E-state index contributed by atoms with van der Waals surface area (Å²) in [6.45, 7) is 3.77. The molecule has 16 heavy (non-hydrogen) atoms. The van der Waals surface area contributed by atoms with Crippen LogP contribution in [-0.4, -0.2) is 12.6 Å². The van der Waals surface area contributed by atoms with Crippen LogP contribution in [0.2, 0.25) is 5.02 Å². The number of carbonyl (C=O) groups excluding carboxylic acids is 1. The molecule has 0 amide bonds. The van der Waals surface area contributed by atoms with E-state index in [1.54, 1.807) is 38.1 Å². The molecule has 4 heteroatoms. The molecule has 0 aromatic heterocycles. The Bertz CT molecular complexity index is 399. The van der Waals surface area contributed by atoms with E-state index in [9.17, 15) is 4.79 Å². The highest BCUT2D eigenvalue weighted by Gasteiger charge is 2.01. The van der Waals surface area contributed by atoms with Crippen molar-refractivity contribution in [1.82, 2.24) is 0 Å². The Hall–Kier alpha value is -1.48. The maximum Gasteiger partial charge on any atom is 0.334 e. The first-order valence-electron chi connectivity index (χ1n) is 4.90. The van der Waals surface area contributed by atoms with Crippen LogP contribution in [0.4, 0.5) is 0 Å². The summed E-state index contributed by atoms with van der Waals surface area (Å²) in [4.78, 5) is 11.1. The molecule has 0 saturated heterocycles. The smallest absolute Gasteiger partial charge is 0.334 e. The van der Waals surface area contributed by atoms with Crippen LogP contribution in [-0.2, 0) is 9.53 Å². The Labute approximate surface area is 99.6 Å². The van der Waals surface area contributed by atoms with E-state index in [1.807, 2.05) is 0 Å². The molecule has 0 saturated carbocycles. The molecule has 0 aliphatic heterocycles. The Kier molecular flexibility index (Phi) is 4.86. The van der Waals surface area contributed by atoms with Gasteiger partial charge < -0.3 is 9.47 Å². The minimum Gasteiger partial charge on any atom is -0.463 e. The van der Waals surface area contributed by atoms with E-state index in [1.165, 1.54) is 6.08 Å². The summed E-state index contributed by atoms with van der Waals surface area (Å²) in [6, 6.07) is 6.95. The van der Waals surface area contributed by atoms with Crippen molar-refractivity contribution in [3.63, 3.8) is 0 Å². The van der Waals surface area contributed by atoms with Gasteiger partial charge in [0.1, 0.15) is 11.5 Å². The van der Waals surface area contributed by atoms with Gasteiger partial charge in [0.2, 0.25) is 0 Å². The molecule has 3 nitrogen and oxygen atoms in total. The minimum absolute atomic E-state index is 0.347. The summed E-state index contributed by atoms with van der Waals surface area (Å²) in [5.74, 6) is 0.633. The lowest BCUT2D eigenvalue weighted by Crippen LogP contribution is -2.02. The normalized spacial score (nSPS) is 11.1. The number of carbonyl (C=O) groups is 1. The highest BCUT2D eigenvalue weighted by Crippen LogP contribution is 2.19. The van der Waals surface area contributed by atoms with Crippen molar-refractivity contribution in [1.29, 1.82) is 0 Å². The summed E-state index contributed by atoms with van der Waals surface area (Å²) in [7, 11) is 0. The van der Waals surface area contributed by atoms with Gasteiger partial charge in [0.25, 0.3) is 0 Å². The highest BCUT2D eigenvalue weighted by atomic mass is 35.5. The van der Waals surface area contributed by atoms with Crippen LogP contribution in [0.3, 0.4) is 0 Å². The molecule has 0 spiro atoms. The van der Waals surface area contributed by atoms with E-state index >= 15 is 0 Å². The van der Waals surface area contributed by atoms with E-state index in [-0.39, 0.29) is 0 Å². The monoisotopic (exact) mass is 240 g/mol. The molecule has 1 rings (SSSR count). The third-order valence-corrected chi connectivity index (χ3v) is 1.92. The first-order chi connectivity index (χ1) is 7.61. The zero-order valence-electron chi connectivity index (χ0n) is 9.20. The van der Waals surface area contributed by atoms with Crippen LogP contribution in [0, 0.1) is 0 Å². The van der Waals surface area contributed by atoms with Gasteiger partial charge in [-0.15, -0.1) is 0 Å². The lowest BCUT2D eigenvalue weighted by molar-refractivity contribution is -0.137. The second kappa shape index (κ2) is 6.18. The average Bonchev–Trinajstić information content (AvgIpc) is 2.17. The Balaban J connectivity index is 2.63. The number of ether oxygens (including phenoxy) is 2. The van der Waals surface area contributed by atoms with Gasteiger partial charge in [-0.3, -0.25) is 0 Å². The highest BCUT2D eigenvalue weighted by molar-refractivity contribution is 6.30. The van der Waals surface area contributed by atoms with Crippen LogP contribution in [0.5, 0.6) is 5.75 Å². The standard InChI is InChI=1S/C12H13ClO3/c1-3-15-12(14)7-9(2)16-11-6-4-5-10(13)8-11/h4-8H,3H2,1-2H3/b9-7+. The minimum atomic E-state index is -0.415. The Morgan fingerprint density at radius 2 is 2.25 bits per heavy atom. The Morgan fingerprint density at radius 3 is 2.88 bits per heavy atom. The van der Waals surface area contributed by atoms with E-state index in [2.05, 4.69) is 0 Å². The third-order valence-electron chi connectivity index (χ3n) is 1.68. The first-order valence-corrected chi connectivity index (χ1v) is 5.28. The molecule has 0 heterocycles. The summed E-state index contributed by atoms with van der Waals surface area (Å²) >= 11 is 5.79. The van der Waals surface area contributed by atoms with Crippen molar-refractivity contribution in [2.45, 2.75) is 13.8 Å². The number of benzene rings is 1. The fourth-order valence-corrected chi connectivity index (χ4v) is 1.28. The molecular formula is C12H13ClO3. The van der Waals surface area contributed by atoms with Gasteiger partial charge in [0.15, 0.2) is 0 Å². The number of allylic oxidation sites excluding steroid dienone is 1. The van der Waals surface area contributed by atoms with Gasteiger partial charge in [0, 0.05) is 5.02 Å². The lowest BCUT2D eigenvalue weighted by atomic mass is 10.3. The lowest BCUT2D eigenvalue weighted by Gasteiger charge is -2.05. The maximum atomic E-state index is 11.1. The molecule has 0 bridgehead atoms. The molecule has 0 aliphatic rings. The van der Waals surface area contributed by atoms with Crippen molar-refractivity contribution in [2.24, 2.45) is 0 Å². The predicted molar refractivity (Wildman–Crippen MR) is 62.5 cm³/mol. The molecule has 0 N–H and O–H groups in total. The van der Waals surface area contributed by atoms with Crippen LogP contribution in [0.15, 0.2) is 36.1 Å². The van der Waals surface area contributed by atoms with Crippen LogP contribution < -0.4 is 4.74 Å². The zero-order valence-corrected chi connectivity index (χ0v) is 9.95. The average molecular weight is 241 g/mol. The maximum absolute atomic E-state index is 11.1. The van der Waals surface area contributed by atoms with Crippen molar-refractivity contribution in [3.8, 4) is 5.75 Å². The second-order valence-corrected chi connectivity index (χ2v) is 3.50. The van der Waals surface area contributed by atoms with Gasteiger partial charge in [0.05, 0.1) is 12.7 Å². The van der Waals surface area contributed by atoms with Gasteiger partial charge in [-0.1, -0.05) is 17.7 Å². The largest absolute Gasteiger partial charge is 0.463 e. The summed E-state index contributed by atoms with van der Waals surface area (Å²) in [5.41, 5.74) is 0. The third kappa shape index (κ3) is 4.36. The fourth-order valence-electron chi connectivity index (χ4n) is 1.10. The molecule has 86 valence electrons. The molecule has 0 atom stereocenters. The molecule has 0 fully saturated rings. The predicted octanol–water partition coefficient (Wildman–Crippen LogP) is 3.19. The molecule has 1 aromatic rings. The Morgan fingerprint density at radius 1 is 1.50 bits per heavy atom. The van der Waals surface area contributed by atoms with Crippen LogP contribution in [0.1, 0.15) is 13.8 Å². The van der Waals surface area contributed by atoms with E-state index < -0.39 is 5.97 Å². The van der Waals surface area contributed by atoms with Crippen molar-refractivity contribution < 1.29 is 14.3 Å². The molecule has 0 unspecified atom stereocenters. The van der Waals surface area contributed by atoms with Crippen molar-refractivity contribution in [2.75, 3.05) is 6.61 Å². The molecular weight excluding hydrogens is 228 g/mol. The van der Waals surface area contributed by atoms with Crippen molar-refractivity contribution >= 4 is 17.6 Å². The number of halogens is 1. The van der Waals surface area contributed by atoms with Gasteiger partial charge in [-0.25, -0.2) is 4.79 Å². The summed E-state index contributed by atoms with van der Waals surface area (Å²) in [6.07, 6.45) is 1.30. The van der Waals surface area contributed by atoms with Gasteiger partial charge >= 0.3 is 5.97 Å². The molecule has 1 aromatic carbocycles. The first kappa shape index (κ1) is 12.6. The SMILES string of the molecule is CCOC(=O)/C=C(\C)Oc1cccc(Cl)c1. The van der Waals surface area contributed by atoms with Crippen LogP contribution >= 0.6 is 11.6 Å². The topological polar surface area (TPSA) is 35.5 Å². The molecule has 0 radical (unpaired) electrons. The summed E-state index contributed by atoms with van der Waals surface area (Å²) < 4.78 is 10.1. The summed E-state index contributed by atoms with van der Waals surface area (Å²) in [5, 5.41) is 0.585. The fraction of sp³-hybridized carbons (Fsp3) is 0.250. The second-order valence-electron chi connectivity index (χ2n) is 3.07. The van der Waals surface area contributed by atoms with Crippen molar-refractivity contribution in [3.05, 3.63) is 41.1 Å². The number of rotatable bonds is 4. The van der Waals surface area contributed by atoms with Crippen LogP contribution in [0.25, 0.3) is 0 Å². The number of hydrogen-bond donors (Lipinski definition) is 0. The van der Waals surface area contributed by atoms with E-state index in [0.717, 1.165) is 0 Å². The quantitative estimate of drug-likeness (QED) is 0.461.